The van der Waals surface area contributed by atoms with Gasteiger partial charge in [-0.05, 0) is 37.3 Å². The molecular formula is C15H22N4O2. The van der Waals surface area contributed by atoms with Gasteiger partial charge in [-0.15, -0.1) is 5.10 Å². The summed E-state index contributed by atoms with van der Waals surface area (Å²) in [6.45, 7) is 5.07. The third-order valence-corrected chi connectivity index (χ3v) is 3.93. The van der Waals surface area contributed by atoms with Gasteiger partial charge in [0.1, 0.15) is 12.4 Å². The highest BCUT2D eigenvalue weighted by Crippen LogP contribution is 2.28. The second-order valence-corrected chi connectivity index (χ2v) is 5.76. The van der Waals surface area contributed by atoms with Crippen LogP contribution >= 0.6 is 0 Å². The summed E-state index contributed by atoms with van der Waals surface area (Å²) in [5.74, 6) is 1.54. The van der Waals surface area contributed by atoms with Gasteiger partial charge in [0.15, 0.2) is 0 Å². The van der Waals surface area contributed by atoms with Crippen molar-refractivity contribution in [3.8, 4) is 0 Å². The Morgan fingerprint density at radius 3 is 3.10 bits per heavy atom. The molecule has 2 heterocycles. The standard InChI is InChI=1S/C15H22N4O2/c1-2-16-14-7-12-8-19(6-5-13(12)17-18-14)15(20)10-21-9-11-3-4-11/h7,11H,2-6,8-10H2,1H3,(H,16,18). The normalized spacial score (nSPS) is 17.5. The molecule has 0 spiro atoms. The average molecular weight is 290 g/mol. The van der Waals surface area contributed by atoms with Gasteiger partial charge in [0.2, 0.25) is 5.91 Å². The van der Waals surface area contributed by atoms with Crippen molar-refractivity contribution in [2.75, 3.05) is 31.6 Å². The number of amides is 1. The monoisotopic (exact) mass is 290 g/mol. The Morgan fingerprint density at radius 1 is 1.48 bits per heavy atom. The molecule has 1 fully saturated rings. The zero-order valence-corrected chi connectivity index (χ0v) is 12.5. The summed E-state index contributed by atoms with van der Waals surface area (Å²) >= 11 is 0. The van der Waals surface area contributed by atoms with E-state index < -0.39 is 0 Å². The van der Waals surface area contributed by atoms with E-state index in [1.54, 1.807) is 0 Å². The predicted molar refractivity (Wildman–Crippen MR) is 78.9 cm³/mol. The highest BCUT2D eigenvalue weighted by atomic mass is 16.5. The van der Waals surface area contributed by atoms with Gasteiger partial charge in [0.25, 0.3) is 0 Å². The van der Waals surface area contributed by atoms with E-state index in [9.17, 15) is 4.79 Å². The lowest BCUT2D eigenvalue weighted by Gasteiger charge is -2.28. The van der Waals surface area contributed by atoms with Crippen LogP contribution in [0.1, 0.15) is 31.0 Å². The van der Waals surface area contributed by atoms with Crippen molar-refractivity contribution in [1.82, 2.24) is 15.1 Å². The number of carbonyl (C=O) groups excluding carboxylic acids is 1. The molecule has 0 bridgehead atoms. The van der Waals surface area contributed by atoms with Crippen LogP contribution in [-0.4, -0.2) is 47.3 Å². The third-order valence-electron chi connectivity index (χ3n) is 3.93. The van der Waals surface area contributed by atoms with E-state index in [0.717, 1.165) is 36.6 Å². The second-order valence-electron chi connectivity index (χ2n) is 5.76. The molecule has 114 valence electrons. The first-order valence-corrected chi connectivity index (χ1v) is 7.71. The van der Waals surface area contributed by atoms with Crippen LogP contribution in [0.15, 0.2) is 6.07 Å². The number of hydrogen-bond donors (Lipinski definition) is 1. The van der Waals surface area contributed by atoms with Crippen LogP contribution in [0.5, 0.6) is 0 Å². The first-order valence-electron chi connectivity index (χ1n) is 7.71. The van der Waals surface area contributed by atoms with Crippen LogP contribution in [0.2, 0.25) is 0 Å². The Labute approximate surface area is 124 Å². The van der Waals surface area contributed by atoms with Gasteiger partial charge in [-0.3, -0.25) is 4.79 Å². The maximum atomic E-state index is 12.2. The van der Waals surface area contributed by atoms with E-state index in [1.807, 2.05) is 17.9 Å². The Balaban J connectivity index is 1.56. The van der Waals surface area contributed by atoms with Crippen LogP contribution in [0.3, 0.4) is 0 Å². The summed E-state index contributed by atoms with van der Waals surface area (Å²) in [7, 11) is 0. The van der Waals surface area contributed by atoms with Crippen molar-refractivity contribution >= 4 is 11.7 Å². The van der Waals surface area contributed by atoms with E-state index in [0.29, 0.717) is 19.0 Å². The second kappa shape index (κ2) is 6.39. The number of nitrogens with one attached hydrogen (secondary N) is 1. The number of anilines is 1. The van der Waals surface area contributed by atoms with E-state index in [1.165, 1.54) is 12.8 Å². The van der Waals surface area contributed by atoms with Gasteiger partial charge >= 0.3 is 0 Å². The quantitative estimate of drug-likeness (QED) is 0.853. The summed E-state index contributed by atoms with van der Waals surface area (Å²) in [4.78, 5) is 14.0. The molecule has 6 nitrogen and oxygen atoms in total. The molecule has 1 aliphatic heterocycles. The average Bonchev–Trinajstić information content (AvgIpc) is 3.31. The zero-order chi connectivity index (χ0) is 14.7. The zero-order valence-electron chi connectivity index (χ0n) is 12.5. The van der Waals surface area contributed by atoms with Gasteiger partial charge in [-0.1, -0.05) is 0 Å². The number of carbonyl (C=O) groups is 1. The van der Waals surface area contributed by atoms with Crippen molar-refractivity contribution in [1.29, 1.82) is 0 Å². The third kappa shape index (κ3) is 3.69. The topological polar surface area (TPSA) is 67.4 Å². The Morgan fingerprint density at radius 2 is 2.33 bits per heavy atom. The molecule has 21 heavy (non-hydrogen) atoms. The van der Waals surface area contributed by atoms with E-state index in [2.05, 4.69) is 15.5 Å². The number of ether oxygens (including phenoxy) is 1. The minimum Gasteiger partial charge on any atom is -0.371 e. The minimum absolute atomic E-state index is 0.0723. The lowest BCUT2D eigenvalue weighted by Crippen LogP contribution is -2.38. The first kappa shape index (κ1) is 14.3. The molecular weight excluding hydrogens is 268 g/mol. The van der Waals surface area contributed by atoms with Gasteiger partial charge in [-0.2, -0.15) is 5.10 Å². The fraction of sp³-hybridized carbons (Fsp3) is 0.667. The molecule has 0 aromatic carbocycles. The first-order chi connectivity index (χ1) is 10.3. The van der Waals surface area contributed by atoms with Crippen molar-refractivity contribution in [3.63, 3.8) is 0 Å². The van der Waals surface area contributed by atoms with Crippen LogP contribution in [0, 0.1) is 5.92 Å². The van der Waals surface area contributed by atoms with Crippen LogP contribution < -0.4 is 5.32 Å². The van der Waals surface area contributed by atoms with E-state index >= 15 is 0 Å². The molecule has 2 aliphatic rings. The molecule has 1 aromatic heterocycles. The van der Waals surface area contributed by atoms with Crippen LogP contribution in [0.25, 0.3) is 0 Å². The Kier molecular flexibility index (Phi) is 4.34. The molecule has 1 aromatic rings. The van der Waals surface area contributed by atoms with Crippen molar-refractivity contribution in [2.45, 2.75) is 32.7 Å². The van der Waals surface area contributed by atoms with Crippen LogP contribution in [0.4, 0.5) is 5.82 Å². The van der Waals surface area contributed by atoms with Crippen molar-refractivity contribution in [2.24, 2.45) is 5.92 Å². The fourth-order valence-corrected chi connectivity index (χ4v) is 2.50. The number of aromatic nitrogens is 2. The number of nitrogens with zero attached hydrogens (tertiary/aromatic N) is 3. The predicted octanol–water partition coefficient (Wildman–Crippen LogP) is 1.22. The summed E-state index contributed by atoms with van der Waals surface area (Å²) in [5, 5.41) is 11.5. The lowest BCUT2D eigenvalue weighted by atomic mass is 10.1. The molecule has 0 atom stereocenters. The molecule has 0 radical (unpaired) electrons. The number of fused-ring (bicyclic) bond motifs is 1. The SMILES string of the molecule is CCNc1cc2c(nn1)CCN(C(=O)COCC1CC1)C2. The van der Waals surface area contributed by atoms with E-state index in [4.69, 9.17) is 4.74 Å². The molecule has 3 rings (SSSR count). The van der Waals surface area contributed by atoms with E-state index in [-0.39, 0.29) is 12.5 Å². The molecule has 1 aliphatic carbocycles. The van der Waals surface area contributed by atoms with Gasteiger partial charge in [0.05, 0.1) is 12.3 Å². The molecule has 1 saturated carbocycles. The van der Waals surface area contributed by atoms with Gasteiger partial charge in [0, 0.05) is 26.1 Å². The number of rotatable bonds is 6. The molecule has 0 saturated heterocycles. The minimum atomic E-state index is 0.0723. The van der Waals surface area contributed by atoms with Crippen molar-refractivity contribution in [3.05, 3.63) is 17.3 Å². The highest BCUT2D eigenvalue weighted by molar-refractivity contribution is 5.77. The van der Waals surface area contributed by atoms with Crippen molar-refractivity contribution < 1.29 is 9.53 Å². The summed E-state index contributed by atoms with van der Waals surface area (Å²) in [6.07, 6.45) is 3.26. The summed E-state index contributed by atoms with van der Waals surface area (Å²) in [5.41, 5.74) is 2.09. The van der Waals surface area contributed by atoms with Gasteiger partial charge < -0.3 is 15.0 Å². The fourth-order valence-electron chi connectivity index (χ4n) is 2.50. The van der Waals surface area contributed by atoms with Gasteiger partial charge in [-0.25, -0.2) is 0 Å². The maximum absolute atomic E-state index is 12.2. The Hall–Kier alpha value is -1.69. The lowest BCUT2D eigenvalue weighted by molar-refractivity contribution is -0.137. The van der Waals surface area contributed by atoms with Crippen LogP contribution in [-0.2, 0) is 22.5 Å². The molecule has 0 unspecified atom stereocenters. The maximum Gasteiger partial charge on any atom is 0.248 e. The smallest absolute Gasteiger partial charge is 0.248 e. The summed E-state index contributed by atoms with van der Waals surface area (Å²) in [6, 6.07) is 2.00. The highest BCUT2D eigenvalue weighted by Gasteiger charge is 2.24. The summed E-state index contributed by atoms with van der Waals surface area (Å²) < 4.78 is 5.49. The molecule has 1 N–H and O–H groups in total. The molecule has 1 amide bonds. The largest absolute Gasteiger partial charge is 0.371 e. The Bertz CT molecular complexity index is 516. The number of hydrogen-bond acceptors (Lipinski definition) is 5. The molecule has 6 heteroatoms.